The van der Waals surface area contributed by atoms with Gasteiger partial charge in [-0.15, -0.1) is 0 Å². The average Bonchev–Trinajstić information content (AvgIpc) is 2.29. The Morgan fingerprint density at radius 3 is 2.50 bits per heavy atom. The first-order chi connectivity index (χ1) is 8.41. The Morgan fingerprint density at radius 1 is 1.33 bits per heavy atom. The number of piperazine rings is 1. The van der Waals surface area contributed by atoms with Crippen LogP contribution in [0.4, 0.5) is 0 Å². The third kappa shape index (κ3) is 4.22. The Labute approximate surface area is 113 Å². The molecule has 1 rings (SSSR count). The Kier molecular flexibility index (Phi) is 6.09. The molecule has 1 aliphatic rings. The molecule has 108 valence electrons. The van der Waals surface area contributed by atoms with Crippen LogP contribution in [0.15, 0.2) is 0 Å². The minimum Gasteiger partial charge on any atom is -0.377 e. The maximum atomic E-state index is 5.71. The van der Waals surface area contributed by atoms with Crippen molar-refractivity contribution in [1.82, 2.24) is 10.2 Å². The number of ether oxygens (including phenoxy) is 1. The molecule has 1 fully saturated rings. The highest BCUT2D eigenvalue weighted by molar-refractivity contribution is 4.95. The van der Waals surface area contributed by atoms with Crippen molar-refractivity contribution in [2.24, 2.45) is 5.92 Å². The second kappa shape index (κ2) is 6.88. The molecule has 0 aromatic heterocycles. The molecule has 18 heavy (non-hydrogen) atoms. The van der Waals surface area contributed by atoms with Crippen LogP contribution >= 0.6 is 0 Å². The molecule has 1 saturated heterocycles. The van der Waals surface area contributed by atoms with Gasteiger partial charge in [0.05, 0.1) is 6.10 Å². The second-order valence-corrected chi connectivity index (χ2v) is 6.30. The van der Waals surface area contributed by atoms with Gasteiger partial charge in [0.25, 0.3) is 0 Å². The summed E-state index contributed by atoms with van der Waals surface area (Å²) >= 11 is 0. The predicted octanol–water partition coefficient (Wildman–Crippen LogP) is 2.51. The molecule has 0 bridgehead atoms. The maximum Gasteiger partial charge on any atom is 0.0673 e. The highest BCUT2D eigenvalue weighted by Crippen LogP contribution is 2.23. The molecule has 0 spiro atoms. The van der Waals surface area contributed by atoms with Crippen molar-refractivity contribution in [2.45, 2.75) is 65.6 Å². The van der Waals surface area contributed by atoms with Crippen LogP contribution in [-0.2, 0) is 4.74 Å². The predicted molar refractivity (Wildman–Crippen MR) is 78.0 cm³/mol. The van der Waals surface area contributed by atoms with Crippen LogP contribution in [0.5, 0.6) is 0 Å². The highest BCUT2D eigenvalue weighted by Gasteiger charge is 2.36. The SMILES string of the molecule is CCOC(C)CN1CC(C)(CC)NCC1C(C)C. The molecule has 1 aliphatic heterocycles. The Bertz CT molecular complexity index is 245. The van der Waals surface area contributed by atoms with E-state index in [1.54, 1.807) is 0 Å². The van der Waals surface area contributed by atoms with E-state index < -0.39 is 0 Å². The standard InChI is InChI=1S/C15H32N2O/c1-7-15(6)11-17(10-13(5)18-8-2)14(9-16-15)12(3)4/h12-14,16H,7-11H2,1-6H3. The first-order valence-electron chi connectivity index (χ1n) is 7.52. The second-order valence-electron chi connectivity index (χ2n) is 6.30. The van der Waals surface area contributed by atoms with E-state index in [2.05, 4.69) is 51.8 Å². The summed E-state index contributed by atoms with van der Waals surface area (Å²) < 4.78 is 5.71. The van der Waals surface area contributed by atoms with Gasteiger partial charge in [-0.2, -0.15) is 0 Å². The van der Waals surface area contributed by atoms with E-state index in [1.165, 1.54) is 6.42 Å². The molecule has 1 N–H and O–H groups in total. The van der Waals surface area contributed by atoms with Gasteiger partial charge in [-0.05, 0) is 33.1 Å². The van der Waals surface area contributed by atoms with Gasteiger partial charge in [0.15, 0.2) is 0 Å². The smallest absolute Gasteiger partial charge is 0.0673 e. The zero-order valence-electron chi connectivity index (χ0n) is 13.1. The van der Waals surface area contributed by atoms with Gasteiger partial charge in [-0.3, -0.25) is 4.90 Å². The summed E-state index contributed by atoms with van der Waals surface area (Å²) in [6.45, 7) is 17.6. The summed E-state index contributed by atoms with van der Waals surface area (Å²) in [5.74, 6) is 0.688. The minimum atomic E-state index is 0.261. The lowest BCUT2D eigenvalue weighted by Crippen LogP contribution is -2.64. The van der Waals surface area contributed by atoms with E-state index in [4.69, 9.17) is 4.74 Å². The minimum absolute atomic E-state index is 0.261. The summed E-state index contributed by atoms with van der Waals surface area (Å²) in [4.78, 5) is 2.63. The lowest BCUT2D eigenvalue weighted by Gasteiger charge is -2.48. The third-order valence-electron chi connectivity index (χ3n) is 4.25. The van der Waals surface area contributed by atoms with Crippen LogP contribution in [0.3, 0.4) is 0 Å². The molecule has 1 heterocycles. The summed E-state index contributed by atoms with van der Waals surface area (Å²) in [5.41, 5.74) is 0.261. The van der Waals surface area contributed by atoms with E-state index in [0.717, 1.165) is 26.2 Å². The number of nitrogens with zero attached hydrogens (tertiary/aromatic N) is 1. The Morgan fingerprint density at radius 2 is 2.00 bits per heavy atom. The average molecular weight is 256 g/mol. The summed E-state index contributed by atoms with van der Waals surface area (Å²) in [5, 5.41) is 3.73. The molecule has 0 aromatic rings. The molecule has 0 amide bonds. The fourth-order valence-electron chi connectivity index (χ4n) is 2.86. The lowest BCUT2D eigenvalue weighted by molar-refractivity contribution is -0.00358. The zero-order chi connectivity index (χ0) is 13.8. The molecule has 0 aliphatic carbocycles. The summed E-state index contributed by atoms with van der Waals surface area (Å²) in [7, 11) is 0. The highest BCUT2D eigenvalue weighted by atomic mass is 16.5. The Hall–Kier alpha value is -0.120. The number of nitrogens with one attached hydrogen (secondary N) is 1. The van der Waals surface area contributed by atoms with Crippen LogP contribution in [0.25, 0.3) is 0 Å². The molecule has 3 atom stereocenters. The van der Waals surface area contributed by atoms with Gasteiger partial charge in [0.2, 0.25) is 0 Å². The van der Waals surface area contributed by atoms with Gasteiger partial charge < -0.3 is 10.1 Å². The van der Waals surface area contributed by atoms with Crippen molar-refractivity contribution in [3.05, 3.63) is 0 Å². The van der Waals surface area contributed by atoms with Crippen molar-refractivity contribution >= 4 is 0 Å². The van der Waals surface area contributed by atoms with Gasteiger partial charge in [-0.25, -0.2) is 0 Å². The molecule has 0 saturated carbocycles. The number of hydrogen-bond donors (Lipinski definition) is 1. The molecule has 3 unspecified atom stereocenters. The molecule has 0 radical (unpaired) electrons. The van der Waals surface area contributed by atoms with E-state index >= 15 is 0 Å². The number of rotatable bonds is 6. The summed E-state index contributed by atoms with van der Waals surface area (Å²) in [6, 6.07) is 0.632. The monoisotopic (exact) mass is 256 g/mol. The first kappa shape index (κ1) is 15.9. The van der Waals surface area contributed by atoms with Crippen molar-refractivity contribution < 1.29 is 4.74 Å². The van der Waals surface area contributed by atoms with Crippen LogP contribution in [0.2, 0.25) is 0 Å². The quantitative estimate of drug-likeness (QED) is 0.790. The third-order valence-corrected chi connectivity index (χ3v) is 4.25. The van der Waals surface area contributed by atoms with Gasteiger partial charge in [0.1, 0.15) is 0 Å². The van der Waals surface area contributed by atoms with Crippen molar-refractivity contribution in [3.8, 4) is 0 Å². The molecule has 0 aromatic carbocycles. The lowest BCUT2D eigenvalue weighted by atomic mass is 9.89. The largest absolute Gasteiger partial charge is 0.377 e. The summed E-state index contributed by atoms with van der Waals surface area (Å²) in [6.07, 6.45) is 1.51. The van der Waals surface area contributed by atoms with E-state index in [0.29, 0.717) is 18.1 Å². The van der Waals surface area contributed by atoms with Crippen molar-refractivity contribution in [2.75, 3.05) is 26.2 Å². The molecule has 3 heteroatoms. The van der Waals surface area contributed by atoms with E-state index in [-0.39, 0.29) is 5.54 Å². The van der Waals surface area contributed by atoms with Crippen LogP contribution < -0.4 is 5.32 Å². The molecular formula is C15H32N2O. The number of hydrogen-bond acceptors (Lipinski definition) is 3. The Balaban J connectivity index is 2.66. The topological polar surface area (TPSA) is 24.5 Å². The molecule has 3 nitrogen and oxygen atoms in total. The van der Waals surface area contributed by atoms with Gasteiger partial charge in [0, 0.05) is 37.8 Å². The fourth-order valence-corrected chi connectivity index (χ4v) is 2.86. The van der Waals surface area contributed by atoms with Crippen molar-refractivity contribution in [3.63, 3.8) is 0 Å². The normalized spacial score (nSPS) is 31.8. The van der Waals surface area contributed by atoms with Crippen molar-refractivity contribution in [1.29, 1.82) is 0 Å². The van der Waals surface area contributed by atoms with Crippen LogP contribution in [0.1, 0.15) is 48.0 Å². The zero-order valence-corrected chi connectivity index (χ0v) is 13.1. The van der Waals surface area contributed by atoms with Crippen LogP contribution in [0, 0.1) is 5.92 Å². The molecular weight excluding hydrogens is 224 g/mol. The van der Waals surface area contributed by atoms with E-state index in [1.807, 2.05) is 0 Å². The van der Waals surface area contributed by atoms with Crippen LogP contribution in [-0.4, -0.2) is 48.8 Å². The van der Waals surface area contributed by atoms with Gasteiger partial charge >= 0.3 is 0 Å². The fraction of sp³-hybridized carbons (Fsp3) is 1.00. The van der Waals surface area contributed by atoms with E-state index in [9.17, 15) is 0 Å². The maximum absolute atomic E-state index is 5.71. The first-order valence-corrected chi connectivity index (χ1v) is 7.52. The van der Waals surface area contributed by atoms with Gasteiger partial charge in [-0.1, -0.05) is 20.8 Å².